The summed E-state index contributed by atoms with van der Waals surface area (Å²) < 4.78 is 26.2. The molecule has 0 heterocycles. The Balaban J connectivity index is 1.68. The molecule has 2 aromatic rings. The average Bonchev–Trinajstić information content (AvgIpc) is 2.86. The summed E-state index contributed by atoms with van der Waals surface area (Å²) in [5, 5.41) is 8.68. The van der Waals surface area contributed by atoms with Crippen molar-refractivity contribution in [2.24, 2.45) is 0 Å². The Morgan fingerprint density at radius 2 is 1.27 bits per heavy atom. The van der Waals surface area contributed by atoms with Crippen LogP contribution in [0.1, 0.15) is 22.0 Å². The quantitative estimate of drug-likeness (QED) is 0.173. The van der Waals surface area contributed by atoms with E-state index >= 15 is 0 Å². The molecular weight excluding hydrogens is 432 g/mol. The molecule has 0 radical (unpaired) electrons. The highest BCUT2D eigenvalue weighted by molar-refractivity contribution is 6.40. The molecule has 9 nitrogen and oxygen atoms in total. The van der Waals surface area contributed by atoms with Crippen LogP contribution in [0.4, 0.5) is 0 Å². The van der Waals surface area contributed by atoms with Crippen molar-refractivity contribution in [3.05, 3.63) is 71.8 Å². The van der Waals surface area contributed by atoms with Gasteiger partial charge in [0.1, 0.15) is 13.2 Å². The highest BCUT2D eigenvalue weighted by Crippen LogP contribution is 2.18. The summed E-state index contributed by atoms with van der Waals surface area (Å²) in [6.07, 6.45) is -0.936. The number of hydrogen-bond donors (Lipinski definition) is 1. The minimum absolute atomic E-state index is 0.0368. The summed E-state index contributed by atoms with van der Waals surface area (Å²) in [6, 6.07) is 17.0. The molecule has 9 heteroatoms. The summed E-state index contributed by atoms with van der Waals surface area (Å²) in [7, 11) is 0. The van der Waals surface area contributed by atoms with Gasteiger partial charge in [-0.15, -0.1) is 0 Å². The Hall–Kier alpha value is -3.11. The molecule has 2 aromatic carbocycles. The van der Waals surface area contributed by atoms with Crippen LogP contribution < -0.4 is 0 Å². The Morgan fingerprint density at radius 3 is 1.94 bits per heavy atom. The van der Waals surface area contributed by atoms with Gasteiger partial charge in [0, 0.05) is 5.56 Å². The van der Waals surface area contributed by atoms with Gasteiger partial charge in [0.2, 0.25) is 0 Å². The van der Waals surface area contributed by atoms with E-state index in [9.17, 15) is 14.4 Å². The standard InChI is InChI=1S/C24H28O9/c25-11-12-29-14-18-33-24(28)22(20-9-5-2-6-10-20)31-16-13-30-15-17-32-23(27)21(26)19-7-3-1-4-8-19/h1-10,22,25H,11-18H2. The number of carbonyl (C=O) groups is 3. The maximum Gasteiger partial charge on any atom is 0.379 e. The predicted molar refractivity (Wildman–Crippen MR) is 117 cm³/mol. The molecule has 1 atom stereocenters. The van der Waals surface area contributed by atoms with E-state index in [2.05, 4.69) is 0 Å². The van der Waals surface area contributed by atoms with E-state index in [0.29, 0.717) is 5.56 Å². The number of hydrogen-bond acceptors (Lipinski definition) is 9. The first-order chi connectivity index (χ1) is 16.1. The minimum Gasteiger partial charge on any atom is -0.461 e. The zero-order valence-corrected chi connectivity index (χ0v) is 18.2. The van der Waals surface area contributed by atoms with Crippen LogP contribution in [0.25, 0.3) is 0 Å². The summed E-state index contributed by atoms with van der Waals surface area (Å²) in [6.45, 7) is 0.481. The number of aliphatic hydroxyl groups excluding tert-OH is 1. The summed E-state index contributed by atoms with van der Waals surface area (Å²) >= 11 is 0. The Kier molecular flexibility index (Phi) is 12.4. The van der Waals surface area contributed by atoms with Gasteiger partial charge in [-0.2, -0.15) is 0 Å². The predicted octanol–water partition coefficient (Wildman–Crippen LogP) is 1.74. The zero-order valence-electron chi connectivity index (χ0n) is 18.2. The van der Waals surface area contributed by atoms with Crippen LogP contribution in [0, 0.1) is 0 Å². The maximum absolute atomic E-state index is 12.4. The van der Waals surface area contributed by atoms with E-state index in [-0.39, 0.29) is 58.4 Å². The van der Waals surface area contributed by atoms with E-state index in [1.807, 2.05) is 6.07 Å². The number of Topliss-reactive ketones (excluding diaryl/α,β-unsaturated/α-hetero) is 1. The fourth-order valence-electron chi connectivity index (χ4n) is 2.66. The molecule has 33 heavy (non-hydrogen) atoms. The van der Waals surface area contributed by atoms with Gasteiger partial charge in [-0.05, 0) is 5.56 Å². The van der Waals surface area contributed by atoms with E-state index in [1.54, 1.807) is 42.5 Å². The van der Waals surface area contributed by atoms with Gasteiger partial charge in [-0.25, -0.2) is 9.59 Å². The Bertz CT molecular complexity index is 840. The van der Waals surface area contributed by atoms with Gasteiger partial charge in [0.05, 0.1) is 39.6 Å². The highest BCUT2D eigenvalue weighted by atomic mass is 16.6. The lowest BCUT2D eigenvalue weighted by atomic mass is 10.1. The second kappa shape index (κ2) is 15.7. The summed E-state index contributed by atoms with van der Waals surface area (Å²) in [5.74, 6) is -2.23. The molecule has 0 bridgehead atoms. The molecule has 178 valence electrons. The third-order valence-corrected chi connectivity index (χ3v) is 4.22. The van der Waals surface area contributed by atoms with Gasteiger partial charge in [-0.3, -0.25) is 4.79 Å². The maximum atomic E-state index is 12.4. The molecule has 0 aliphatic heterocycles. The fourth-order valence-corrected chi connectivity index (χ4v) is 2.66. The molecule has 0 spiro atoms. The van der Waals surface area contributed by atoms with E-state index in [1.165, 1.54) is 12.1 Å². The molecule has 0 aliphatic rings. The van der Waals surface area contributed by atoms with Crippen LogP contribution in [0.2, 0.25) is 0 Å². The van der Waals surface area contributed by atoms with Gasteiger partial charge < -0.3 is 28.8 Å². The van der Waals surface area contributed by atoms with E-state index < -0.39 is 23.8 Å². The first kappa shape index (κ1) is 26.1. The molecule has 0 fully saturated rings. The van der Waals surface area contributed by atoms with E-state index in [0.717, 1.165) is 0 Å². The lowest BCUT2D eigenvalue weighted by Crippen LogP contribution is -2.23. The summed E-state index contributed by atoms with van der Waals surface area (Å²) in [5.41, 5.74) is 0.891. The van der Waals surface area contributed by atoms with Gasteiger partial charge in [0.25, 0.3) is 5.78 Å². The van der Waals surface area contributed by atoms with Gasteiger partial charge >= 0.3 is 11.9 Å². The topological polar surface area (TPSA) is 118 Å². The number of aliphatic hydroxyl groups is 1. The molecular formula is C24H28O9. The fraction of sp³-hybridized carbons (Fsp3) is 0.375. The van der Waals surface area contributed by atoms with Crippen LogP contribution in [0.5, 0.6) is 0 Å². The van der Waals surface area contributed by atoms with E-state index in [4.69, 9.17) is 28.8 Å². The average molecular weight is 460 g/mol. The first-order valence-electron chi connectivity index (χ1n) is 10.5. The Labute approximate surface area is 192 Å². The molecule has 0 saturated carbocycles. The molecule has 0 saturated heterocycles. The van der Waals surface area contributed by atoms with Gasteiger partial charge in [-0.1, -0.05) is 60.7 Å². The first-order valence-corrected chi connectivity index (χ1v) is 10.5. The molecule has 0 aromatic heterocycles. The highest BCUT2D eigenvalue weighted by Gasteiger charge is 2.23. The number of ketones is 1. The van der Waals surface area contributed by atoms with Crippen LogP contribution in [0.15, 0.2) is 60.7 Å². The van der Waals surface area contributed by atoms with Crippen molar-refractivity contribution in [1.82, 2.24) is 0 Å². The molecule has 0 amide bonds. The third-order valence-electron chi connectivity index (χ3n) is 4.22. The molecule has 1 unspecified atom stereocenters. The van der Waals surface area contributed by atoms with Crippen molar-refractivity contribution in [2.75, 3.05) is 52.9 Å². The van der Waals surface area contributed by atoms with Crippen molar-refractivity contribution < 1.29 is 43.2 Å². The smallest absolute Gasteiger partial charge is 0.379 e. The van der Waals surface area contributed by atoms with Crippen molar-refractivity contribution in [1.29, 1.82) is 0 Å². The number of ether oxygens (including phenoxy) is 5. The number of esters is 2. The van der Waals surface area contributed by atoms with Crippen LogP contribution in [-0.4, -0.2) is 75.7 Å². The number of benzene rings is 2. The lowest BCUT2D eigenvalue weighted by Gasteiger charge is -2.17. The second-order valence-electron chi connectivity index (χ2n) is 6.61. The SMILES string of the molecule is O=C(OCCOCCOC(C(=O)OCCOCCO)c1ccccc1)C(=O)c1ccccc1. The van der Waals surface area contributed by atoms with Crippen molar-refractivity contribution in [3.63, 3.8) is 0 Å². The molecule has 1 N–H and O–H groups in total. The third kappa shape index (κ3) is 9.92. The molecule has 2 rings (SSSR count). The number of carbonyl (C=O) groups excluding carboxylic acids is 3. The van der Waals surface area contributed by atoms with Crippen molar-refractivity contribution >= 4 is 17.7 Å². The van der Waals surface area contributed by atoms with Crippen LogP contribution in [0.3, 0.4) is 0 Å². The molecule has 0 aliphatic carbocycles. The largest absolute Gasteiger partial charge is 0.461 e. The van der Waals surface area contributed by atoms with Crippen molar-refractivity contribution in [2.45, 2.75) is 6.10 Å². The number of rotatable bonds is 16. The van der Waals surface area contributed by atoms with Crippen LogP contribution in [-0.2, 0) is 33.3 Å². The van der Waals surface area contributed by atoms with Crippen molar-refractivity contribution in [3.8, 4) is 0 Å². The zero-order chi connectivity index (χ0) is 23.7. The van der Waals surface area contributed by atoms with Gasteiger partial charge in [0.15, 0.2) is 6.10 Å². The lowest BCUT2D eigenvalue weighted by molar-refractivity contribution is -0.160. The minimum atomic E-state index is -0.948. The monoisotopic (exact) mass is 460 g/mol. The summed E-state index contributed by atoms with van der Waals surface area (Å²) in [4.78, 5) is 36.1. The second-order valence-corrected chi connectivity index (χ2v) is 6.61. The normalized spacial score (nSPS) is 11.5. The van der Waals surface area contributed by atoms with Crippen LogP contribution >= 0.6 is 0 Å². The Morgan fingerprint density at radius 1 is 0.697 bits per heavy atom.